The van der Waals surface area contributed by atoms with E-state index < -0.39 is 35.5 Å². The zero-order valence-corrected chi connectivity index (χ0v) is 20.4. The lowest BCUT2D eigenvalue weighted by molar-refractivity contribution is -0.145. The maximum atomic E-state index is 12.7. The highest BCUT2D eigenvalue weighted by Gasteiger charge is 2.34. The normalized spacial score (nSPS) is 14.6. The van der Waals surface area contributed by atoms with Crippen molar-refractivity contribution >= 4 is 18.0 Å². The molecule has 1 aliphatic rings. The highest BCUT2D eigenvalue weighted by atomic mass is 16.5. The van der Waals surface area contributed by atoms with Gasteiger partial charge >= 0.3 is 12.1 Å². The Labute approximate surface area is 200 Å². The molecule has 0 saturated heterocycles. The van der Waals surface area contributed by atoms with Crippen LogP contribution in [0.15, 0.2) is 48.5 Å². The van der Waals surface area contributed by atoms with Crippen molar-refractivity contribution in [2.45, 2.75) is 59.0 Å². The Hall–Kier alpha value is -3.35. The summed E-state index contributed by atoms with van der Waals surface area (Å²) in [7, 11) is 0. The summed E-state index contributed by atoms with van der Waals surface area (Å²) in [6.45, 7) is 9.21. The van der Waals surface area contributed by atoms with Crippen LogP contribution in [0, 0.1) is 11.3 Å². The lowest BCUT2D eigenvalue weighted by atomic mass is 9.86. The van der Waals surface area contributed by atoms with Crippen LogP contribution < -0.4 is 10.6 Å². The Morgan fingerprint density at radius 1 is 0.941 bits per heavy atom. The molecule has 182 valence electrons. The predicted molar refractivity (Wildman–Crippen MR) is 130 cm³/mol. The molecule has 0 heterocycles. The average molecular weight is 467 g/mol. The fraction of sp³-hybridized carbons (Fsp3) is 0.444. The average Bonchev–Trinajstić information content (AvgIpc) is 3.08. The summed E-state index contributed by atoms with van der Waals surface area (Å²) in [5, 5.41) is 14.8. The molecule has 2 atom stereocenters. The van der Waals surface area contributed by atoms with E-state index in [9.17, 15) is 19.5 Å². The third-order valence-electron chi connectivity index (χ3n) is 6.28. The summed E-state index contributed by atoms with van der Waals surface area (Å²) < 4.78 is 5.60. The molecule has 0 aliphatic heterocycles. The zero-order valence-electron chi connectivity index (χ0n) is 20.4. The van der Waals surface area contributed by atoms with E-state index in [4.69, 9.17) is 4.74 Å². The van der Waals surface area contributed by atoms with Crippen LogP contribution in [0.5, 0.6) is 0 Å². The minimum absolute atomic E-state index is 0.0400. The predicted octanol–water partition coefficient (Wildman–Crippen LogP) is 4.56. The second kappa shape index (κ2) is 10.3. The van der Waals surface area contributed by atoms with Crippen LogP contribution in [-0.4, -0.2) is 41.8 Å². The van der Waals surface area contributed by atoms with Crippen molar-refractivity contribution in [2.24, 2.45) is 11.3 Å². The van der Waals surface area contributed by atoms with Crippen LogP contribution in [0.25, 0.3) is 11.1 Å². The first-order chi connectivity index (χ1) is 16.0. The molecule has 34 heavy (non-hydrogen) atoms. The van der Waals surface area contributed by atoms with Gasteiger partial charge in [0.15, 0.2) is 0 Å². The van der Waals surface area contributed by atoms with Crippen LogP contribution in [0.2, 0.25) is 0 Å². The summed E-state index contributed by atoms with van der Waals surface area (Å²) in [4.78, 5) is 36.8. The second-order valence-electron chi connectivity index (χ2n) is 10.2. The van der Waals surface area contributed by atoms with Gasteiger partial charge in [-0.25, -0.2) is 9.59 Å². The van der Waals surface area contributed by atoms with Crippen LogP contribution >= 0.6 is 0 Å². The second-order valence-corrected chi connectivity index (χ2v) is 10.2. The van der Waals surface area contributed by atoms with E-state index in [1.807, 2.05) is 38.1 Å². The topological polar surface area (TPSA) is 105 Å². The molecule has 0 aromatic heterocycles. The number of aliphatic carboxylic acids is 1. The maximum Gasteiger partial charge on any atom is 0.407 e. The number of carbonyl (C=O) groups is 3. The molecule has 1 unspecified atom stereocenters. The van der Waals surface area contributed by atoms with Gasteiger partial charge in [-0.15, -0.1) is 0 Å². The lowest BCUT2D eigenvalue weighted by Gasteiger charge is -2.29. The zero-order chi connectivity index (χ0) is 25.0. The van der Waals surface area contributed by atoms with Crippen molar-refractivity contribution in [1.29, 1.82) is 0 Å². The van der Waals surface area contributed by atoms with Crippen LogP contribution in [0.1, 0.15) is 58.1 Å². The highest BCUT2D eigenvalue weighted by molar-refractivity contribution is 5.85. The van der Waals surface area contributed by atoms with E-state index in [1.165, 1.54) is 0 Å². The molecule has 7 nitrogen and oxygen atoms in total. The molecule has 2 amide bonds. The van der Waals surface area contributed by atoms with Crippen LogP contribution in [-0.2, 0) is 14.3 Å². The monoisotopic (exact) mass is 466 g/mol. The summed E-state index contributed by atoms with van der Waals surface area (Å²) in [5.74, 6) is -1.63. The van der Waals surface area contributed by atoms with Gasteiger partial charge in [0.05, 0.1) is 0 Å². The smallest absolute Gasteiger partial charge is 0.407 e. The van der Waals surface area contributed by atoms with Gasteiger partial charge in [-0.05, 0) is 33.6 Å². The number of fused-ring (bicyclic) bond motifs is 3. The summed E-state index contributed by atoms with van der Waals surface area (Å²) in [6, 6.07) is 14.7. The van der Waals surface area contributed by atoms with E-state index in [0.29, 0.717) is 0 Å². The minimum Gasteiger partial charge on any atom is -0.480 e. The number of benzene rings is 2. The first kappa shape index (κ1) is 25.3. The Morgan fingerprint density at radius 3 is 1.94 bits per heavy atom. The quantitative estimate of drug-likeness (QED) is 0.529. The number of carbonyl (C=O) groups excluding carboxylic acids is 2. The molecular weight excluding hydrogens is 432 g/mol. The van der Waals surface area contributed by atoms with E-state index in [2.05, 4.69) is 34.9 Å². The Balaban J connectivity index is 1.62. The van der Waals surface area contributed by atoms with Crippen molar-refractivity contribution in [3.8, 4) is 11.1 Å². The molecule has 7 heteroatoms. The number of amides is 2. The SMILES string of the molecule is CC(C)[C@@H](CC(=O)NC(C(=O)O)C(C)(C)C)NC(=O)OCC1c2ccccc2-c2ccccc21. The number of nitrogens with one attached hydrogen (secondary N) is 2. The number of ether oxygens (including phenoxy) is 1. The molecular formula is C27H34N2O5. The Bertz CT molecular complexity index is 1010. The molecule has 3 N–H and O–H groups in total. The molecule has 0 bridgehead atoms. The van der Waals surface area contributed by atoms with Crippen molar-refractivity contribution in [3.63, 3.8) is 0 Å². The molecule has 0 radical (unpaired) electrons. The van der Waals surface area contributed by atoms with E-state index in [0.717, 1.165) is 22.3 Å². The van der Waals surface area contributed by atoms with Crippen LogP contribution in [0.4, 0.5) is 4.79 Å². The van der Waals surface area contributed by atoms with E-state index >= 15 is 0 Å². The third kappa shape index (κ3) is 5.76. The van der Waals surface area contributed by atoms with Gasteiger partial charge in [-0.1, -0.05) is 83.1 Å². The number of hydrogen-bond acceptors (Lipinski definition) is 4. The van der Waals surface area contributed by atoms with Gasteiger partial charge in [0.1, 0.15) is 12.6 Å². The minimum atomic E-state index is -1.09. The largest absolute Gasteiger partial charge is 0.480 e. The van der Waals surface area contributed by atoms with E-state index in [-0.39, 0.29) is 24.9 Å². The molecule has 0 saturated carbocycles. The van der Waals surface area contributed by atoms with Crippen molar-refractivity contribution < 1.29 is 24.2 Å². The molecule has 2 aromatic rings. The molecule has 0 spiro atoms. The highest BCUT2D eigenvalue weighted by Crippen LogP contribution is 2.44. The number of carboxylic acid groups (broad SMARTS) is 1. The van der Waals surface area contributed by atoms with Crippen LogP contribution in [0.3, 0.4) is 0 Å². The first-order valence-corrected chi connectivity index (χ1v) is 11.6. The van der Waals surface area contributed by atoms with Crippen molar-refractivity contribution in [3.05, 3.63) is 59.7 Å². The van der Waals surface area contributed by atoms with Gasteiger partial charge in [0.2, 0.25) is 5.91 Å². The fourth-order valence-electron chi connectivity index (χ4n) is 4.31. The van der Waals surface area contributed by atoms with Gasteiger partial charge in [-0.3, -0.25) is 4.79 Å². The van der Waals surface area contributed by atoms with Gasteiger partial charge in [0, 0.05) is 18.4 Å². The number of carboxylic acids is 1. The summed E-state index contributed by atoms with van der Waals surface area (Å²) in [5.41, 5.74) is 3.90. The molecule has 2 aromatic carbocycles. The van der Waals surface area contributed by atoms with Gasteiger partial charge in [0.25, 0.3) is 0 Å². The maximum absolute atomic E-state index is 12.7. The van der Waals surface area contributed by atoms with E-state index in [1.54, 1.807) is 20.8 Å². The molecule has 3 rings (SSSR count). The number of rotatable bonds is 8. The Kier molecular flexibility index (Phi) is 7.64. The van der Waals surface area contributed by atoms with Gasteiger partial charge in [-0.2, -0.15) is 0 Å². The lowest BCUT2D eigenvalue weighted by Crippen LogP contribution is -2.51. The standard InChI is InChI=1S/C27H34N2O5/c1-16(2)22(14-23(30)29-24(25(31)32)27(3,4)5)28-26(33)34-15-21-19-12-8-6-10-17(19)18-11-7-9-13-20(18)21/h6-13,16,21-22,24H,14-15H2,1-5H3,(H,28,33)(H,29,30)(H,31,32)/t22-,24?/m1/s1. The first-order valence-electron chi connectivity index (χ1n) is 11.6. The number of alkyl carbamates (subject to hydrolysis) is 1. The summed E-state index contributed by atoms with van der Waals surface area (Å²) >= 11 is 0. The van der Waals surface area contributed by atoms with Crippen molar-refractivity contribution in [1.82, 2.24) is 10.6 Å². The third-order valence-corrected chi connectivity index (χ3v) is 6.28. The van der Waals surface area contributed by atoms with Crippen molar-refractivity contribution in [2.75, 3.05) is 6.61 Å². The fourth-order valence-corrected chi connectivity index (χ4v) is 4.31. The molecule has 1 aliphatic carbocycles. The molecule has 0 fully saturated rings. The summed E-state index contributed by atoms with van der Waals surface area (Å²) in [6.07, 6.45) is -0.638. The Morgan fingerprint density at radius 2 is 1.47 bits per heavy atom. The number of hydrogen-bond donors (Lipinski definition) is 3. The van der Waals surface area contributed by atoms with Gasteiger partial charge < -0.3 is 20.5 Å².